The first-order valence-electron chi connectivity index (χ1n) is 22.5. The highest BCUT2D eigenvalue weighted by molar-refractivity contribution is 6.09. The van der Waals surface area contributed by atoms with E-state index in [2.05, 4.69) is 240 Å². The van der Waals surface area contributed by atoms with Gasteiger partial charge >= 0.3 is 0 Å². The average molecular weight is 835 g/mol. The van der Waals surface area contributed by atoms with E-state index in [9.17, 15) is 0 Å². The van der Waals surface area contributed by atoms with Crippen LogP contribution in [0.25, 0.3) is 61.3 Å². The first-order chi connectivity index (χ1) is 32.2. The zero-order valence-electron chi connectivity index (χ0n) is 35.6. The fourth-order valence-electron chi connectivity index (χ4n) is 10.8. The molecule has 4 nitrogen and oxygen atoms in total. The molecule has 2 aromatic heterocycles. The Morgan fingerprint density at radius 3 is 1.28 bits per heavy atom. The first kappa shape index (κ1) is 37.2. The van der Waals surface area contributed by atoms with Crippen LogP contribution in [0.2, 0.25) is 0 Å². The Kier molecular flexibility index (Phi) is 8.53. The predicted octanol–water partition coefficient (Wildman–Crippen LogP) is 15.6. The molecule has 0 aliphatic heterocycles. The molecule has 65 heavy (non-hydrogen) atoms. The summed E-state index contributed by atoms with van der Waals surface area (Å²) in [6.07, 6.45) is 6.70. The number of ether oxygens (including phenoxy) is 2. The summed E-state index contributed by atoms with van der Waals surface area (Å²) in [7, 11) is 0. The number of para-hydroxylation sites is 3. The zero-order valence-corrected chi connectivity index (χ0v) is 35.6. The van der Waals surface area contributed by atoms with E-state index < -0.39 is 5.41 Å². The van der Waals surface area contributed by atoms with Gasteiger partial charge in [0.25, 0.3) is 0 Å². The molecule has 0 fully saturated rings. The second kappa shape index (κ2) is 14.9. The normalized spacial score (nSPS) is 13.5. The Morgan fingerprint density at radius 1 is 0.369 bits per heavy atom. The minimum absolute atomic E-state index is 0.553. The summed E-state index contributed by atoms with van der Waals surface area (Å²) in [4.78, 5) is 0. The molecule has 9 aromatic carbocycles. The van der Waals surface area contributed by atoms with Gasteiger partial charge in [-0.1, -0.05) is 133 Å². The number of hydrogen-bond acceptors (Lipinski definition) is 2. The van der Waals surface area contributed by atoms with E-state index in [-0.39, 0.29) is 0 Å². The molecule has 2 aliphatic carbocycles. The van der Waals surface area contributed by atoms with Crippen LogP contribution in [-0.4, -0.2) is 9.13 Å². The third-order valence-electron chi connectivity index (χ3n) is 13.6. The average Bonchev–Trinajstić information content (AvgIpc) is 4.00. The van der Waals surface area contributed by atoms with Crippen LogP contribution in [-0.2, 0) is 11.8 Å². The number of aryl methyl sites for hydroxylation is 1. The number of fused-ring (bicyclic) bond motifs is 9. The van der Waals surface area contributed by atoms with Crippen LogP contribution in [0.3, 0.4) is 0 Å². The number of allylic oxidation sites excluding steroid dienone is 1. The molecule has 4 heteroatoms. The first-order valence-corrected chi connectivity index (χ1v) is 22.5. The molecule has 2 heterocycles. The lowest BCUT2D eigenvalue weighted by molar-refractivity contribution is 0.482. The van der Waals surface area contributed by atoms with Gasteiger partial charge < -0.3 is 18.6 Å². The maximum absolute atomic E-state index is 6.54. The lowest BCUT2D eigenvalue weighted by Crippen LogP contribution is -2.28. The van der Waals surface area contributed by atoms with Gasteiger partial charge in [0, 0.05) is 33.2 Å². The van der Waals surface area contributed by atoms with Crippen LogP contribution in [0.5, 0.6) is 23.0 Å². The molecule has 0 bridgehead atoms. The molecule has 0 amide bonds. The number of nitrogens with zero attached hydrogens (tertiary/aromatic N) is 2. The van der Waals surface area contributed by atoms with Crippen molar-refractivity contribution in [3.63, 3.8) is 0 Å². The van der Waals surface area contributed by atoms with Crippen LogP contribution >= 0.6 is 0 Å². The quantitative estimate of drug-likeness (QED) is 0.153. The molecular formula is C61H42N2O2. The molecule has 0 spiro atoms. The van der Waals surface area contributed by atoms with Gasteiger partial charge in [0.05, 0.1) is 22.0 Å². The number of rotatable bonds is 8. The minimum atomic E-state index is -0.553. The molecule has 11 aromatic rings. The largest absolute Gasteiger partial charge is 0.457 e. The van der Waals surface area contributed by atoms with Gasteiger partial charge in [0.1, 0.15) is 23.0 Å². The van der Waals surface area contributed by atoms with Crippen molar-refractivity contribution >= 4 is 38.8 Å². The number of aromatic nitrogens is 2. The van der Waals surface area contributed by atoms with Crippen LogP contribution in [0, 0.1) is 0 Å². The molecule has 0 radical (unpaired) electrons. The summed E-state index contributed by atoms with van der Waals surface area (Å²) in [5.41, 5.74) is 15.3. The number of hydrogen-bond donors (Lipinski definition) is 0. The SMILES string of the molecule is C1=Cc2c(c3ccccc3n2-c2ccc(Oc3ccc(C4(c5ccc(Oc6ccc(-n7c8ccccc8c8ccccc87)cc6)cc5)c5ccccc5-c5ccccc54)cc3)cc2)CC1. The summed E-state index contributed by atoms with van der Waals surface area (Å²) >= 11 is 0. The van der Waals surface area contributed by atoms with E-state index in [1.807, 2.05) is 0 Å². The van der Waals surface area contributed by atoms with Gasteiger partial charge in [-0.15, -0.1) is 0 Å². The topological polar surface area (TPSA) is 28.3 Å². The highest BCUT2D eigenvalue weighted by atomic mass is 16.5. The maximum atomic E-state index is 6.54. The summed E-state index contributed by atoms with van der Waals surface area (Å²) < 4.78 is 17.8. The lowest BCUT2D eigenvalue weighted by Gasteiger charge is -2.34. The molecule has 0 unspecified atom stereocenters. The Hall–Kier alpha value is -8.34. The monoisotopic (exact) mass is 834 g/mol. The van der Waals surface area contributed by atoms with Crippen LogP contribution < -0.4 is 9.47 Å². The fraction of sp³-hybridized carbons (Fsp3) is 0.0492. The van der Waals surface area contributed by atoms with Gasteiger partial charge in [0.2, 0.25) is 0 Å². The van der Waals surface area contributed by atoms with Crippen molar-refractivity contribution in [3.8, 4) is 45.5 Å². The minimum Gasteiger partial charge on any atom is -0.457 e. The summed E-state index contributed by atoms with van der Waals surface area (Å²) in [6.45, 7) is 0. The van der Waals surface area contributed by atoms with Crippen molar-refractivity contribution < 1.29 is 9.47 Å². The van der Waals surface area contributed by atoms with Crippen LogP contribution in [0.4, 0.5) is 0 Å². The van der Waals surface area contributed by atoms with Gasteiger partial charge in [-0.3, -0.25) is 0 Å². The standard InChI is InChI=1S/C61H42N2O2/c1-7-19-55-49(13-1)50-14-2-8-20-56(50)61(55,41-25-33-45(34-26-41)64-47-37-29-43(30-38-47)62-57-21-9-3-15-51(57)52-16-4-10-22-58(52)62)42-27-35-46(36-28-42)65-48-39-31-44(32-40-48)63-59-23-11-5-17-53(59)54-18-6-12-24-60(54)63/h1-5,7-17,19-40H,6,18H2. The second-order valence-electron chi connectivity index (χ2n) is 17.1. The Labute approximate surface area is 377 Å². The van der Waals surface area contributed by atoms with Crippen LogP contribution in [0.15, 0.2) is 224 Å². The zero-order chi connectivity index (χ0) is 42.9. The van der Waals surface area contributed by atoms with E-state index in [0.29, 0.717) is 0 Å². The van der Waals surface area contributed by atoms with Crippen molar-refractivity contribution in [1.82, 2.24) is 9.13 Å². The Bertz CT molecular complexity index is 3530. The molecule has 0 saturated carbocycles. The van der Waals surface area contributed by atoms with Crippen LogP contribution in [0.1, 0.15) is 39.9 Å². The van der Waals surface area contributed by atoms with Crippen molar-refractivity contribution in [2.24, 2.45) is 0 Å². The third-order valence-corrected chi connectivity index (χ3v) is 13.6. The Morgan fingerprint density at radius 2 is 0.769 bits per heavy atom. The molecule has 0 atom stereocenters. The van der Waals surface area contributed by atoms with E-state index in [1.165, 1.54) is 77.3 Å². The highest BCUT2D eigenvalue weighted by Crippen LogP contribution is 2.56. The van der Waals surface area contributed by atoms with E-state index in [4.69, 9.17) is 9.47 Å². The van der Waals surface area contributed by atoms with Crippen molar-refractivity contribution in [2.45, 2.75) is 18.3 Å². The molecule has 308 valence electrons. The summed E-state index contributed by atoms with van der Waals surface area (Å²) in [5, 5.41) is 3.83. The van der Waals surface area contributed by atoms with Crippen molar-refractivity contribution in [2.75, 3.05) is 0 Å². The van der Waals surface area contributed by atoms with Gasteiger partial charge in [-0.25, -0.2) is 0 Å². The molecular weight excluding hydrogens is 793 g/mol. The van der Waals surface area contributed by atoms with Gasteiger partial charge in [0.15, 0.2) is 0 Å². The summed E-state index contributed by atoms with van der Waals surface area (Å²) in [6, 6.07) is 77.8. The predicted molar refractivity (Wildman–Crippen MR) is 265 cm³/mol. The lowest BCUT2D eigenvalue weighted by atomic mass is 9.68. The maximum Gasteiger partial charge on any atom is 0.127 e. The van der Waals surface area contributed by atoms with E-state index in [0.717, 1.165) is 47.2 Å². The summed E-state index contributed by atoms with van der Waals surface area (Å²) in [5.74, 6) is 3.15. The van der Waals surface area contributed by atoms with Gasteiger partial charge in [-0.2, -0.15) is 0 Å². The molecule has 13 rings (SSSR count). The molecule has 0 saturated heterocycles. The third kappa shape index (κ3) is 5.84. The van der Waals surface area contributed by atoms with Crippen molar-refractivity contribution in [3.05, 3.63) is 258 Å². The fourth-order valence-corrected chi connectivity index (χ4v) is 10.8. The van der Waals surface area contributed by atoms with E-state index >= 15 is 0 Å². The second-order valence-corrected chi connectivity index (χ2v) is 17.1. The van der Waals surface area contributed by atoms with Gasteiger partial charge in [-0.05, 0) is 149 Å². The van der Waals surface area contributed by atoms with E-state index in [1.54, 1.807) is 0 Å². The highest BCUT2D eigenvalue weighted by Gasteiger charge is 2.46. The smallest absolute Gasteiger partial charge is 0.127 e. The van der Waals surface area contributed by atoms with Crippen molar-refractivity contribution in [1.29, 1.82) is 0 Å². The Balaban J connectivity index is 0.812. The number of benzene rings is 9. The molecule has 2 aliphatic rings. The molecule has 0 N–H and O–H groups in total.